The average Bonchev–Trinajstić information content (AvgIpc) is 2.51. The number of hydrogen-bond donors (Lipinski definition) is 1. The number of nitrogens with zero attached hydrogens (tertiary/aromatic N) is 1. The molecule has 4 heteroatoms. The summed E-state index contributed by atoms with van der Waals surface area (Å²) in [5.74, 6) is -0.0701. The molecule has 1 aromatic carbocycles. The van der Waals surface area contributed by atoms with Gasteiger partial charge >= 0.3 is 0 Å². The molecule has 1 aliphatic rings. The zero-order chi connectivity index (χ0) is 14.7. The van der Waals surface area contributed by atoms with Gasteiger partial charge in [0, 0.05) is 17.6 Å². The van der Waals surface area contributed by atoms with Crippen molar-refractivity contribution >= 4 is 16.7 Å². The number of benzene rings is 1. The Bertz CT molecular complexity index is 699. The highest BCUT2D eigenvalue weighted by molar-refractivity contribution is 5.82. The van der Waals surface area contributed by atoms with Crippen LogP contribution in [-0.2, 0) is 11.3 Å². The number of aromatic nitrogens is 1. The summed E-state index contributed by atoms with van der Waals surface area (Å²) >= 11 is 0. The van der Waals surface area contributed by atoms with Gasteiger partial charge in [0.05, 0.1) is 0 Å². The van der Waals surface area contributed by atoms with Crippen molar-refractivity contribution in [2.75, 3.05) is 0 Å². The number of nitrogens with one attached hydrogen (secondary N) is 1. The maximum atomic E-state index is 12.3. The maximum absolute atomic E-state index is 12.3. The van der Waals surface area contributed by atoms with Crippen LogP contribution in [0.4, 0.5) is 0 Å². The third-order valence-electron chi connectivity index (χ3n) is 4.17. The van der Waals surface area contributed by atoms with Gasteiger partial charge in [0.1, 0.15) is 6.54 Å². The molecule has 110 valence electrons. The molecule has 0 spiro atoms. The molecule has 4 nitrogen and oxygen atoms in total. The maximum Gasteiger partial charge on any atom is 0.258 e. The van der Waals surface area contributed by atoms with Crippen LogP contribution in [0.25, 0.3) is 10.8 Å². The molecule has 3 rings (SSSR count). The normalized spacial score (nSPS) is 16.0. The van der Waals surface area contributed by atoms with Gasteiger partial charge in [-0.05, 0) is 30.4 Å². The number of fused-ring (bicyclic) bond motifs is 1. The van der Waals surface area contributed by atoms with Gasteiger partial charge in [-0.15, -0.1) is 0 Å². The lowest BCUT2D eigenvalue weighted by molar-refractivity contribution is -0.122. The standard InChI is InChI=1S/C17H20N2O2/c20-16(18-14-7-2-1-3-8-14)12-19-11-10-13-6-4-5-9-15(13)17(19)21/h4-6,9-11,14H,1-3,7-8,12H2,(H,18,20). The molecular weight excluding hydrogens is 264 g/mol. The monoisotopic (exact) mass is 284 g/mol. The average molecular weight is 284 g/mol. The van der Waals surface area contributed by atoms with Crippen molar-refractivity contribution in [3.8, 4) is 0 Å². The van der Waals surface area contributed by atoms with E-state index in [1.54, 1.807) is 12.3 Å². The Morgan fingerprint density at radius 2 is 1.90 bits per heavy atom. The molecule has 1 heterocycles. The second-order valence-electron chi connectivity index (χ2n) is 5.74. The van der Waals surface area contributed by atoms with E-state index in [9.17, 15) is 9.59 Å². The van der Waals surface area contributed by atoms with Crippen LogP contribution in [0.2, 0.25) is 0 Å². The molecule has 2 aromatic rings. The summed E-state index contributed by atoms with van der Waals surface area (Å²) in [4.78, 5) is 24.4. The summed E-state index contributed by atoms with van der Waals surface area (Å²) in [7, 11) is 0. The number of pyridine rings is 1. The van der Waals surface area contributed by atoms with E-state index in [0.717, 1.165) is 18.2 Å². The quantitative estimate of drug-likeness (QED) is 0.941. The Morgan fingerprint density at radius 3 is 2.71 bits per heavy atom. The zero-order valence-electron chi connectivity index (χ0n) is 12.0. The van der Waals surface area contributed by atoms with Crippen LogP contribution in [0, 0.1) is 0 Å². The van der Waals surface area contributed by atoms with Crippen LogP contribution in [0.3, 0.4) is 0 Å². The van der Waals surface area contributed by atoms with Crippen molar-refractivity contribution in [3.05, 3.63) is 46.9 Å². The third-order valence-corrected chi connectivity index (χ3v) is 4.17. The van der Waals surface area contributed by atoms with Crippen LogP contribution >= 0.6 is 0 Å². The second kappa shape index (κ2) is 6.12. The first kappa shape index (κ1) is 13.9. The van der Waals surface area contributed by atoms with E-state index in [-0.39, 0.29) is 24.1 Å². The minimum absolute atomic E-state index is 0.0701. The molecule has 0 saturated heterocycles. The molecule has 0 radical (unpaired) electrons. The molecule has 1 N–H and O–H groups in total. The van der Waals surface area contributed by atoms with Gasteiger partial charge in [-0.25, -0.2) is 0 Å². The number of amides is 1. The topological polar surface area (TPSA) is 51.1 Å². The Morgan fingerprint density at radius 1 is 1.14 bits per heavy atom. The molecule has 0 atom stereocenters. The van der Waals surface area contributed by atoms with Gasteiger partial charge in [-0.2, -0.15) is 0 Å². The lowest BCUT2D eigenvalue weighted by Crippen LogP contribution is -2.39. The Labute approximate surface area is 123 Å². The van der Waals surface area contributed by atoms with E-state index in [4.69, 9.17) is 0 Å². The van der Waals surface area contributed by atoms with Crippen molar-refractivity contribution in [1.29, 1.82) is 0 Å². The van der Waals surface area contributed by atoms with Gasteiger partial charge in [0.25, 0.3) is 5.56 Å². The van der Waals surface area contributed by atoms with Crippen molar-refractivity contribution in [1.82, 2.24) is 9.88 Å². The van der Waals surface area contributed by atoms with Gasteiger partial charge in [-0.1, -0.05) is 37.5 Å². The summed E-state index contributed by atoms with van der Waals surface area (Å²) in [6.07, 6.45) is 7.43. The van der Waals surface area contributed by atoms with Crippen LogP contribution in [0.1, 0.15) is 32.1 Å². The Kier molecular flexibility index (Phi) is 4.04. The lowest BCUT2D eigenvalue weighted by atomic mass is 9.95. The van der Waals surface area contributed by atoms with E-state index in [1.807, 2.05) is 24.3 Å². The predicted octanol–water partition coefficient (Wildman–Crippen LogP) is 2.45. The molecule has 0 aliphatic heterocycles. The van der Waals surface area contributed by atoms with E-state index in [1.165, 1.54) is 23.8 Å². The van der Waals surface area contributed by atoms with Gasteiger partial charge in [0.15, 0.2) is 0 Å². The van der Waals surface area contributed by atoms with E-state index >= 15 is 0 Å². The summed E-state index contributed by atoms with van der Waals surface area (Å²) in [6, 6.07) is 9.61. The van der Waals surface area contributed by atoms with Crippen LogP contribution in [-0.4, -0.2) is 16.5 Å². The summed E-state index contributed by atoms with van der Waals surface area (Å²) in [6.45, 7) is 0.0974. The van der Waals surface area contributed by atoms with E-state index in [0.29, 0.717) is 5.39 Å². The summed E-state index contributed by atoms with van der Waals surface area (Å²) < 4.78 is 1.49. The first-order valence-corrected chi connectivity index (χ1v) is 7.61. The molecule has 0 unspecified atom stereocenters. The summed E-state index contributed by atoms with van der Waals surface area (Å²) in [5.41, 5.74) is -0.105. The fourth-order valence-corrected chi connectivity index (χ4v) is 3.03. The zero-order valence-corrected chi connectivity index (χ0v) is 12.0. The molecular formula is C17H20N2O2. The Hall–Kier alpha value is -2.10. The fourth-order valence-electron chi connectivity index (χ4n) is 3.03. The first-order valence-electron chi connectivity index (χ1n) is 7.61. The highest BCUT2D eigenvalue weighted by Gasteiger charge is 2.16. The molecule has 1 aromatic heterocycles. The van der Waals surface area contributed by atoms with Crippen molar-refractivity contribution in [2.24, 2.45) is 0 Å². The number of carbonyl (C=O) groups excluding carboxylic acids is 1. The third kappa shape index (κ3) is 3.15. The van der Waals surface area contributed by atoms with E-state index < -0.39 is 0 Å². The number of carbonyl (C=O) groups is 1. The molecule has 1 fully saturated rings. The minimum atomic E-state index is -0.105. The summed E-state index contributed by atoms with van der Waals surface area (Å²) in [5, 5.41) is 4.61. The SMILES string of the molecule is O=C(Cn1ccc2ccccc2c1=O)NC1CCCCC1. The highest BCUT2D eigenvalue weighted by atomic mass is 16.2. The van der Waals surface area contributed by atoms with Crippen LogP contribution in [0.15, 0.2) is 41.3 Å². The lowest BCUT2D eigenvalue weighted by Gasteiger charge is -2.22. The number of rotatable bonds is 3. The van der Waals surface area contributed by atoms with Crippen molar-refractivity contribution < 1.29 is 4.79 Å². The fraction of sp³-hybridized carbons (Fsp3) is 0.412. The van der Waals surface area contributed by atoms with Crippen molar-refractivity contribution in [3.63, 3.8) is 0 Å². The highest BCUT2D eigenvalue weighted by Crippen LogP contribution is 2.17. The van der Waals surface area contributed by atoms with Crippen molar-refractivity contribution in [2.45, 2.75) is 44.7 Å². The van der Waals surface area contributed by atoms with Gasteiger partial charge in [0.2, 0.25) is 5.91 Å². The van der Waals surface area contributed by atoms with Crippen LogP contribution in [0.5, 0.6) is 0 Å². The largest absolute Gasteiger partial charge is 0.352 e. The van der Waals surface area contributed by atoms with Gasteiger partial charge < -0.3 is 9.88 Å². The first-order chi connectivity index (χ1) is 10.2. The predicted molar refractivity (Wildman–Crippen MR) is 83.2 cm³/mol. The van der Waals surface area contributed by atoms with Crippen LogP contribution < -0.4 is 10.9 Å². The smallest absolute Gasteiger partial charge is 0.258 e. The Balaban J connectivity index is 1.73. The molecule has 1 aliphatic carbocycles. The minimum Gasteiger partial charge on any atom is -0.352 e. The molecule has 0 bridgehead atoms. The number of hydrogen-bond acceptors (Lipinski definition) is 2. The van der Waals surface area contributed by atoms with Gasteiger partial charge in [-0.3, -0.25) is 9.59 Å². The molecule has 1 saturated carbocycles. The second-order valence-corrected chi connectivity index (χ2v) is 5.74. The van der Waals surface area contributed by atoms with E-state index in [2.05, 4.69) is 5.32 Å². The molecule has 1 amide bonds. The molecule has 21 heavy (non-hydrogen) atoms.